The van der Waals surface area contributed by atoms with Crippen LogP contribution in [0.5, 0.6) is 0 Å². The zero-order valence-corrected chi connectivity index (χ0v) is 10.9. The second-order valence-corrected chi connectivity index (χ2v) is 4.71. The van der Waals surface area contributed by atoms with Gasteiger partial charge in [0.1, 0.15) is 0 Å². The highest BCUT2D eigenvalue weighted by Gasteiger charge is 2.07. The highest BCUT2D eigenvalue weighted by Crippen LogP contribution is 2.21. The van der Waals surface area contributed by atoms with Gasteiger partial charge in [-0.1, -0.05) is 41.9 Å². The van der Waals surface area contributed by atoms with Crippen LogP contribution in [0.25, 0.3) is 0 Å². The molecular weight excluding hydrogens is 261 g/mol. The van der Waals surface area contributed by atoms with Gasteiger partial charge in [0, 0.05) is 10.5 Å². The van der Waals surface area contributed by atoms with Crippen molar-refractivity contribution in [2.75, 3.05) is 0 Å². The van der Waals surface area contributed by atoms with Crippen molar-refractivity contribution in [2.45, 2.75) is 26.3 Å². The quantitative estimate of drug-likeness (QED) is 0.891. The highest BCUT2D eigenvalue weighted by molar-refractivity contribution is 9.10. The Balaban J connectivity index is 0.00000169. The maximum atomic E-state index is 6.04. The van der Waals surface area contributed by atoms with E-state index in [0.717, 1.165) is 10.9 Å². The van der Waals surface area contributed by atoms with Gasteiger partial charge in [-0.15, -0.1) is 12.4 Å². The molecule has 0 aromatic heterocycles. The van der Waals surface area contributed by atoms with Crippen LogP contribution in [0.2, 0.25) is 0 Å². The molecule has 0 aliphatic carbocycles. The molecule has 1 atom stereocenters. The molecular formula is C11H17BrClN. The van der Waals surface area contributed by atoms with Gasteiger partial charge in [-0.3, -0.25) is 0 Å². The van der Waals surface area contributed by atoms with E-state index in [1.807, 2.05) is 12.1 Å². The zero-order chi connectivity index (χ0) is 9.84. The molecule has 0 fully saturated rings. The first-order chi connectivity index (χ1) is 6.09. The summed E-state index contributed by atoms with van der Waals surface area (Å²) in [5, 5.41) is 0. The van der Waals surface area contributed by atoms with E-state index >= 15 is 0 Å². The summed E-state index contributed by atoms with van der Waals surface area (Å²) in [5.74, 6) is 0.647. The number of nitrogens with two attached hydrogens (primary N) is 1. The van der Waals surface area contributed by atoms with E-state index < -0.39 is 0 Å². The molecule has 14 heavy (non-hydrogen) atoms. The number of hydrogen-bond acceptors (Lipinski definition) is 1. The Morgan fingerprint density at radius 2 is 2.00 bits per heavy atom. The summed E-state index contributed by atoms with van der Waals surface area (Å²) in [6, 6.07) is 8.38. The first kappa shape index (κ1) is 13.9. The fourth-order valence-electron chi connectivity index (χ4n) is 1.38. The van der Waals surface area contributed by atoms with E-state index in [2.05, 4.69) is 41.9 Å². The van der Waals surface area contributed by atoms with Gasteiger partial charge in [-0.05, 0) is 30.0 Å². The summed E-state index contributed by atoms with van der Waals surface area (Å²) < 4.78 is 1.10. The van der Waals surface area contributed by atoms with Gasteiger partial charge in [0.15, 0.2) is 0 Å². The van der Waals surface area contributed by atoms with Crippen LogP contribution >= 0.6 is 28.3 Å². The van der Waals surface area contributed by atoms with E-state index in [4.69, 9.17) is 5.73 Å². The van der Waals surface area contributed by atoms with Crippen molar-refractivity contribution in [3.8, 4) is 0 Å². The second-order valence-electron chi connectivity index (χ2n) is 3.79. The molecule has 0 spiro atoms. The molecule has 0 unspecified atom stereocenters. The largest absolute Gasteiger partial charge is 0.324 e. The van der Waals surface area contributed by atoms with Gasteiger partial charge in [0.2, 0.25) is 0 Å². The lowest BCUT2D eigenvalue weighted by Gasteiger charge is -2.14. The second kappa shape index (κ2) is 6.44. The van der Waals surface area contributed by atoms with Gasteiger partial charge in [0.25, 0.3) is 0 Å². The molecule has 80 valence electrons. The normalized spacial score (nSPS) is 12.4. The molecule has 2 N–H and O–H groups in total. The summed E-state index contributed by atoms with van der Waals surface area (Å²) in [7, 11) is 0. The Morgan fingerprint density at radius 3 is 2.50 bits per heavy atom. The van der Waals surface area contributed by atoms with E-state index in [0.29, 0.717) is 5.92 Å². The van der Waals surface area contributed by atoms with Gasteiger partial charge in [0.05, 0.1) is 0 Å². The van der Waals surface area contributed by atoms with Crippen LogP contribution in [0, 0.1) is 5.92 Å². The molecule has 0 radical (unpaired) electrons. The Morgan fingerprint density at radius 1 is 1.36 bits per heavy atom. The van der Waals surface area contributed by atoms with Crippen molar-refractivity contribution in [1.82, 2.24) is 0 Å². The number of hydrogen-bond donors (Lipinski definition) is 1. The van der Waals surface area contributed by atoms with E-state index in [9.17, 15) is 0 Å². The van der Waals surface area contributed by atoms with Crippen LogP contribution in [0.15, 0.2) is 28.7 Å². The summed E-state index contributed by atoms with van der Waals surface area (Å²) in [6.07, 6.45) is 1.04. The minimum absolute atomic E-state index is 0. The zero-order valence-electron chi connectivity index (χ0n) is 8.53. The third-order valence-electron chi connectivity index (χ3n) is 2.00. The summed E-state index contributed by atoms with van der Waals surface area (Å²) >= 11 is 3.44. The lowest BCUT2D eigenvalue weighted by atomic mass is 9.98. The number of rotatable bonds is 3. The average Bonchev–Trinajstić information content (AvgIpc) is 2.03. The molecule has 1 aromatic carbocycles. The lowest BCUT2D eigenvalue weighted by Crippen LogP contribution is -2.12. The van der Waals surface area contributed by atoms with Crippen molar-refractivity contribution in [2.24, 2.45) is 11.7 Å². The predicted molar refractivity (Wildman–Crippen MR) is 67.8 cm³/mol. The third kappa shape index (κ3) is 4.45. The molecule has 0 aliphatic rings. The first-order valence-electron chi connectivity index (χ1n) is 4.60. The molecule has 1 nitrogen and oxygen atoms in total. The summed E-state index contributed by atoms with van der Waals surface area (Å²) in [5.41, 5.74) is 7.26. The Labute approximate surface area is 101 Å². The van der Waals surface area contributed by atoms with Crippen molar-refractivity contribution < 1.29 is 0 Å². The van der Waals surface area contributed by atoms with Crippen LogP contribution in [0.3, 0.4) is 0 Å². The monoisotopic (exact) mass is 277 g/mol. The van der Waals surface area contributed by atoms with E-state index in [1.54, 1.807) is 0 Å². The highest BCUT2D eigenvalue weighted by atomic mass is 79.9. The summed E-state index contributed by atoms with van der Waals surface area (Å²) in [6.45, 7) is 4.38. The van der Waals surface area contributed by atoms with Gasteiger partial charge in [-0.25, -0.2) is 0 Å². The predicted octanol–water partition coefficient (Wildman–Crippen LogP) is 3.92. The number of benzene rings is 1. The molecule has 0 bridgehead atoms. The van der Waals surface area contributed by atoms with Crippen LogP contribution in [0.1, 0.15) is 31.9 Å². The Kier molecular flexibility index (Phi) is 6.41. The van der Waals surface area contributed by atoms with Crippen molar-refractivity contribution in [1.29, 1.82) is 0 Å². The van der Waals surface area contributed by atoms with Gasteiger partial charge < -0.3 is 5.73 Å². The molecule has 0 saturated heterocycles. The molecule has 3 heteroatoms. The molecule has 0 heterocycles. The average molecular weight is 279 g/mol. The van der Waals surface area contributed by atoms with Crippen molar-refractivity contribution in [3.63, 3.8) is 0 Å². The third-order valence-corrected chi connectivity index (χ3v) is 2.50. The SMILES string of the molecule is CC(C)C[C@@H](N)c1cccc(Br)c1.Cl. The Bertz CT molecular complexity index is 276. The van der Waals surface area contributed by atoms with Crippen LogP contribution in [0.4, 0.5) is 0 Å². The fourth-order valence-corrected chi connectivity index (χ4v) is 1.80. The van der Waals surface area contributed by atoms with E-state index in [1.165, 1.54) is 5.56 Å². The standard InChI is InChI=1S/C11H16BrN.ClH/c1-8(2)6-11(13)9-4-3-5-10(12)7-9;/h3-5,7-8,11H,6,13H2,1-2H3;1H/t11-;/m1./s1. The molecule has 1 aromatic rings. The smallest absolute Gasteiger partial charge is 0.0297 e. The maximum absolute atomic E-state index is 6.04. The summed E-state index contributed by atoms with van der Waals surface area (Å²) in [4.78, 5) is 0. The Hall–Kier alpha value is -0.0500. The molecule has 0 aliphatic heterocycles. The molecule has 1 rings (SSSR count). The van der Waals surface area contributed by atoms with E-state index in [-0.39, 0.29) is 18.4 Å². The van der Waals surface area contributed by atoms with Crippen LogP contribution in [-0.2, 0) is 0 Å². The van der Waals surface area contributed by atoms with Crippen molar-refractivity contribution >= 4 is 28.3 Å². The van der Waals surface area contributed by atoms with Crippen molar-refractivity contribution in [3.05, 3.63) is 34.3 Å². The van der Waals surface area contributed by atoms with Gasteiger partial charge >= 0.3 is 0 Å². The minimum atomic E-state index is 0. The number of halogens is 2. The molecule has 0 saturated carbocycles. The topological polar surface area (TPSA) is 26.0 Å². The maximum Gasteiger partial charge on any atom is 0.0297 e. The minimum Gasteiger partial charge on any atom is -0.324 e. The fraction of sp³-hybridized carbons (Fsp3) is 0.455. The van der Waals surface area contributed by atoms with Crippen LogP contribution < -0.4 is 5.73 Å². The molecule has 0 amide bonds. The lowest BCUT2D eigenvalue weighted by molar-refractivity contribution is 0.510. The van der Waals surface area contributed by atoms with Gasteiger partial charge in [-0.2, -0.15) is 0 Å². The van der Waals surface area contributed by atoms with Crippen LogP contribution in [-0.4, -0.2) is 0 Å². The first-order valence-corrected chi connectivity index (χ1v) is 5.40.